The van der Waals surface area contributed by atoms with Gasteiger partial charge in [-0.05, 0) is 57.9 Å². The molecule has 1 aromatic rings. The van der Waals surface area contributed by atoms with Crippen molar-refractivity contribution in [1.29, 1.82) is 0 Å². The Balaban J connectivity index is 2.47. The molecule has 108 valence electrons. The van der Waals surface area contributed by atoms with Gasteiger partial charge in [0, 0.05) is 6.04 Å². The van der Waals surface area contributed by atoms with Gasteiger partial charge in [-0.1, -0.05) is 19.1 Å². The first-order valence-electron chi connectivity index (χ1n) is 7.20. The Labute approximate surface area is 117 Å². The number of ether oxygens (including phenoxy) is 1. The van der Waals surface area contributed by atoms with Crippen molar-refractivity contribution < 1.29 is 9.84 Å². The Morgan fingerprint density at radius 3 is 2.32 bits per heavy atom. The van der Waals surface area contributed by atoms with Crippen molar-refractivity contribution in [1.82, 2.24) is 5.32 Å². The van der Waals surface area contributed by atoms with E-state index >= 15 is 0 Å². The summed E-state index contributed by atoms with van der Waals surface area (Å²) in [4.78, 5) is 0. The smallest absolute Gasteiger partial charge is 0.121 e. The number of hydrogen-bond donors (Lipinski definition) is 2. The van der Waals surface area contributed by atoms with Crippen LogP contribution in [0.1, 0.15) is 39.7 Å². The van der Waals surface area contributed by atoms with E-state index in [1.165, 1.54) is 5.56 Å². The molecule has 3 atom stereocenters. The predicted octanol–water partition coefficient (Wildman–Crippen LogP) is 2.77. The maximum atomic E-state index is 9.40. The molecule has 0 fully saturated rings. The van der Waals surface area contributed by atoms with E-state index in [4.69, 9.17) is 4.74 Å². The lowest BCUT2D eigenvalue weighted by Crippen LogP contribution is -2.28. The lowest BCUT2D eigenvalue weighted by molar-refractivity contribution is 0.0604. The first-order valence-corrected chi connectivity index (χ1v) is 7.20. The summed E-state index contributed by atoms with van der Waals surface area (Å²) in [5.41, 5.74) is 1.30. The van der Waals surface area contributed by atoms with Crippen LogP contribution in [0.2, 0.25) is 0 Å². The van der Waals surface area contributed by atoms with Crippen molar-refractivity contribution in [2.45, 2.75) is 58.8 Å². The summed E-state index contributed by atoms with van der Waals surface area (Å²) in [7, 11) is 0. The van der Waals surface area contributed by atoms with Gasteiger partial charge in [-0.25, -0.2) is 0 Å². The van der Waals surface area contributed by atoms with Crippen molar-refractivity contribution in [3.63, 3.8) is 0 Å². The molecule has 3 nitrogen and oxygen atoms in total. The minimum absolute atomic E-state index is 0.184. The van der Waals surface area contributed by atoms with Gasteiger partial charge in [0.05, 0.1) is 6.10 Å². The first-order chi connectivity index (χ1) is 9.02. The zero-order valence-corrected chi connectivity index (χ0v) is 12.5. The second kappa shape index (κ2) is 8.18. The van der Waals surface area contributed by atoms with Gasteiger partial charge in [0.2, 0.25) is 0 Å². The number of hydrogen-bond acceptors (Lipinski definition) is 3. The molecule has 1 rings (SSSR count). The van der Waals surface area contributed by atoms with Crippen molar-refractivity contribution in [3.05, 3.63) is 29.8 Å². The summed E-state index contributed by atoms with van der Waals surface area (Å²) in [6.07, 6.45) is 1.54. The molecule has 0 aliphatic heterocycles. The Morgan fingerprint density at radius 1 is 1.16 bits per heavy atom. The van der Waals surface area contributed by atoms with Crippen LogP contribution in [0.5, 0.6) is 5.75 Å². The zero-order chi connectivity index (χ0) is 14.3. The van der Waals surface area contributed by atoms with Gasteiger partial charge in [0.1, 0.15) is 11.9 Å². The van der Waals surface area contributed by atoms with E-state index in [9.17, 15) is 5.11 Å². The molecule has 1 aromatic carbocycles. The summed E-state index contributed by atoms with van der Waals surface area (Å²) in [6.45, 7) is 9.05. The largest absolute Gasteiger partial charge is 0.488 e. The molecule has 0 spiro atoms. The van der Waals surface area contributed by atoms with Crippen LogP contribution in [-0.4, -0.2) is 29.9 Å². The van der Waals surface area contributed by atoms with E-state index in [-0.39, 0.29) is 6.10 Å². The molecule has 0 saturated carbocycles. The summed E-state index contributed by atoms with van der Waals surface area (Å²) in [5.74, 6) is 0.811. The highest BCUT2D eigenvalue weighted by atomic mass is 16.5. The van der Waals surface area contributed by atoms with E-state index in [2.05, 4.69) is 31.3 Å². The van der Waals surface area contributed by atoms with Crippen LogP contribution in [0, 0.1) is 0 Å². The molecule has 2 N–H and O–H groups in total. The third kappa shape index (κ3) is 6.08. The number of rotatable bonds is 8. The van der Waals surface area contributed by atoms with Crippen molar-refractivity contribution in [2.75, 3.05) is 6.54 Å². The molecule has 19 heavy (non-hydrogen) atoms. The van der Waals surface area contributed by atoms with Crippen molar-refractivity contribution in [3.8, 4) is 5.75 Å². The molecule has 0 radical (unpaired) electrons. The lowest BCUT2D eigenvalue weighted by Gasteiger charge is -2.18. The first kappa shape index (κ1) is 16.0. The van der Waals surface area contributed by atoms with E-state index in [0.717, 1.165) is 25.1 Å². The van der Waals surface area contributed by atoms with E-state index in [1.54, 1.807) is 6.92 Å². The maximum Gasteiger partial charge on any atom is 0.121 e. The molecule has 0 amide bonds. The Hall–Kier alpha value is -1.06. The molecule has 0 aliphatic rings. The molecule has 0 bridgehead atoms. The minimum Gasteiger partial charge on any atom is -0.488 e. The predicted molar refractivity (Wildman–Crippen MR) is 79.7 cm³/mol. The van der Waals surface area contributed by atoms with Gasteiger partial charge in [-0.15, -0.1) is 0 Å². The van der Waals surface area contributed by atoms with Gasteiger partial charge in [-0.3, -0.25) is 0 Å². The SMILES string of the molecule is CCCNC(C)Cc1ccc(OC(C)C(C)O)cc1. The van der Waals surface area contributed by atoms with Gasteiger partial charge in [-0.2, -0.15) is 0 Å². The highest BCUT2D eigenvalue weighted by Gasteiger charge is 2.10. The summed E-state index contributed by atoms with van der Waals surface area (Å²) < 4.78 is 5.63. The Bertz CT molecular complexity index is 348. The second-order valence-corrected chi connectivity index (χ2v) is 5.27. The monoisotopic (exact) mass is 265 g/mol. The van der Waals surface area contributed by atoms with Crippen LogP contribution in [0.25, 0.3) is 0 Å². The highest BCUT2D eigenvalue weighted by molar-refractivity contribution is 5.28. The average molecular weight is 265 g/mol. The minimum atomic E-state index is -0.460. The molecular weight excluding hydrogens is 238 g/mol. The Kier molecular flexibility index (Phi) is 6.89. The van der Waals surface area contributed by atoms with Crippen LogP contribution < -0.4 is 10.1 Å². The summed E-state index contributed by atoms with van der Waals surface area (Å²) >= 11 is 0. The number of aliphatic hydroxyl groups is 1. The van der Waals surface area contributed by atoms with Crippen LogP contribution in [0.4, 0.5) is 0 Å². The zero-order valence-electron chi connectivity index (χ0n) is 12.5. The fourth-order valence-electron chi connectivity index (χ4n) is 1.83. The van der Waals surface area contributed by atoms with Crippen molar-refractivity contribution >= 4 is 0 Å². The van der Waals surface area contributed by atoms with Gasteiger partial charge in [0.25, 0.3) is 0 Å². The highest BCUT2D eigenvalue weighted by Crippen LogP contribution is 2.16. The third-order valence-corrected chi connectivity index (χ3v) is 3.21. The molecule has 0 saturated heterocycles. The second-order valence-electron chi connectivity index (χ2n) is 5.27. The van der Waals surface area contributed by atoms with Crippen molar-refractivity contribution in [2.24, 2.45) is 0 Å². The molecular formula is C16H27NO2. The van der Waals surface area contributed by atoms with Crippen LogP contribution >= 0.6 is 0 Å². The van der Waals surface area contributed by atoms with E-state index in [0.29, 0.717) is 6.04 Å². The fourth-order valence-corrected chi connectivity index (χ4v) is 1.83. The maximum absolute atomic E-state index is 9.40. The van der Waals surface area contributed by atoms with Gasteiger partial charge < -0.3 is 15.2 Å². The summed E-state index contributed by atoms with van der Waals surface area (Å²) in [5, 5.41) is 12.9. The van der Waals surface area contributed by atoms with E-state index < -0.39 is 6.10 Å². The molecule has 3 heteroatoms. The van der Waals surface area contributed by atoms with E-state index in [1.807, 2.05) is 19.1 Å². The topological polar surface area (TPSA) is 41.5 Å². The standard InChI is InChI=1S/C16H27NO2/c1-5-10-17-12(2)11-15-6-8-16(9-7-15)19-14(4)13(3)18/h6-9,12-14,17-18H,5,10-11H2,1-4H3. The number of nitrogens with one attached hydrogen (secondary N) is 1. The van der Waals surface area contributed by atoms with Crippen LogP contribution in [0.15, 0.2) is 24.3 Å². The third-order valence-electron chi connectivity index (χ3n) is 3.21. The quantitative estimate of drug-likeness (QED) is 0.759. The summed E-state index contributed by atoms with van der Waals surface area (Å²) in [6, 6.07) is 8.62. The molecule has 3 unspecified atom stereocenters. The molecule has 0 aliphatic carbocycles. The van der Waals surface area contributed by atoms with Crippen LogP contribution in [0.3, 0.4) is 0 Å². The van der Waals surface area contributed by atoms with Gasteiger partial charge >= 0.3 is 0 Å². The average Bonchev–Trinajstić information content (AvgIpc) is 2.38. The van der Waals surface area contributed by atoms with Crippen LogP contribution in [-0.2, 0) is 6.42 Å². The number of aliphatic hydroxyl groups excluding tert-OH is 1. The molecule has 0 aromatic heterocycles. The fraction of sp³-hybridized carbons (Fsp3) is 0.625. The number of benzene rings is 1. The normalized spacial score (nSPS) is 15.8. The van der Waals surface area contributed by atoms with Gasteiger partial charge in [0.15, 0.2) is 0 Å². The Morgan fingerprint density at radius 2 is 1.79 bits per heavy atom. The molecule has 0 heterocycles. The lowest BCUT2D eigenvalue weighted by atomic mass is 10.1.